The summed E-state index contributed by atoms with van der Waals surface area (Å²) in [5.74, 6) is 0.0105. The number of halogens is 1. The lowest BCUT2D eigenvalue weighted by atomic mass is 10.2. The van der Waals surface area contributed by atoms with E-state index in [1.165, 1.54) is 24.0 Å². The highest BCUT2D eigenvalue weighted by atomic mass is 35.5. The highest BCUT2D eigenvalue weighted by molar-refractivity contribution is 7.92. The van der Waals surface area contributed by atoms with Gasteiger partial charge >= 0.3 is 0 Å². The molecule has 1 aromatic carbocycles. The molecule has 0 spiro atoms. The molecule has 0 atom stereocenters. The summed E-state index contributed by atoms with van der Waals surface area (Å²) in [6.45, 7) is 1.71. The van der Waals surface area contributed by atoms with Crippen molar-refractivity contribution in [3.05, 3.63) is 35.0 Å². The van der Waals surface area contributed by atoms with Crippen molar-refractivity contribution < 1.29 is 13.5 Å². The molecule has 0 bridgehead atoms. The van der Waals surface area contributed by atoms with E-state index in [-0.39, 0.29) is 21.5 Å². The Balaban J connectivity index is 2.39. The average Bonchev–Trinajstić information content (AvgIpc) is 2.64. The maximum Gasteiger partial charge on any atom is 0.280 e. The molecule has 0 fully saturated rings. The van der Waals surface area contributed by atoms with Crippen molar-refractivity contribution in [2.45, 2.75) is 11.9 Å². The first-order valence-corrected chi connectivity index (χ1v) is 7.17. The van der Waals surface area contributed by atoms with E-state index in [9.17, 15) is 13.5 Å². The summed E-state index contributed by atoms with van der Waals surface area (Å²) in [6, 6.07) is 4.49. The quantitative estimate of drug-likeness (QED) is 0.906. The first kappa shape index (κ1) is 13.7. The number of nitrogens with one attached hydrogen (secondary N) is 1. The van der Waals surface area contributed by atoms with Crippen molar-refractivity contribution in [3.63, 3.8) is 0 Å². The summed E-state index contributed by atoms with van der Waals surface area (Å²) in [5.41, 5.74) is 0.905. The lowest BCUT2D eigenvalue weighted by molar-refractivity contribution is 0.471. The van der Waals surface area contributed by atoms with Crippen LogP contribution in [0.1, 0.15) is 5.56 Å². The van der Waals surface area contributed by atoms with Crippen molar-refractivity contribution >= 4 is 27.3 Å². The molecule has 0 aliphatic rings. The van der Waals surface area contributed by atoms with E-state index in [2.05, 4.69) is 9.82 Å². The molecule has 19 heavy (non-hydrogen) atoms. The topological polar surface area (TPSA) is 84.2 Å². The predicted molar refractivity (Wildman–Crippen MR) is 71.9 cm³/mol. The van der Waals surface area contributed by atoms with E-state index in [4.69, 9.17) is 11.6 Å². The van der Waals surface area contributed by atoms with Crippen molar-refractivity contribution in [1.29, 1.82) is 0 Å². The number of rotatable bonds is 3. The predicted octanol–water partition coefficient (Wildman–Crippen LogP) is 1.89. The Morgan fingerprint density at radius 1 is 1.42 bits per heavy atom. The summed E-state index contributed by atoms with van der Waals surface area (Å²) in [4.78, 5) is 0. The Hall–Kier alpha value is -1.73. The van der Waals surface area contributed by atoms with Crippen LogP contribution in [0.2, 0.25) is 5.02 Å². The second kappa shape index (κ2) is 4.75. The smallest absolute Gasteiger partial charge is 0.280 e. The van der Waals surface area contributed by atoms with Crippen LogP contribution < -0.4 is 4.72 Å². The zero-order valence-electron chi connectivity index (χ0n) is 10.3. The number of sulfonamides is 1. The maximum atomic E-state index is 12.2. The first-order chi connectivity index (χ1) is 8.81. The summed E-state index contributed by atoms with van der Waals surface area (Å²) in [7, 11) is -2.37. The first-order valence-electron chi connectivity index (χ1n) is 5.31. The molecule has 0 unspecified atom stereocenters. The molecule has 0 saturated heterocycles. The summed E-state index contributed by atoms with van der Waals surface area (Å²) < 4.78 is 27.8. The molecule has 102 valence electrons. The Kier molecular flexibility index (Phi) is 3.42. The van der Waals surface area contributed by atoms with Gasteiger partial charge in [0, 0.05) is 13.1 Å². The van der Waals surface area contributed by atoms with Gasteiger partial charge in [-0.25, -0.2) is 0 Å². The van der Waals surface area contributed by atoms with Crippen LogP contribution in [-0.4, -0.2) is 23.3 Å². The number of aromatic hydroxyl groups is 1. The third-order valence-corrected chi connectivity index (χ3v) is 4.44. The van der Waals surface area contributed by atoms with Gasteiger partial charge < -0.3 is 5.11 Å². The summed E-state index contributed by atoms with van der Waals surface area (Å²) in [5, 5.41) is 13.2. The molecule has 0 saturated carbocycles. The minimum absolute atomic E-state index is 0.0105. The van der Waals surface area contributed by atoms with Crippen LogP contribution >= 0.6 is 11.6 Å². The van der Waals surface area contributed by atoms with Crippen molar-refractivity contribution in [2.24, 2.45) is 7.05 Å². The SMILES string of the molecule is Cc1ccc(NS(=O)(=O)c2c(Cl)cnn2C)cc1O. The fourth-order valence-electron chi connectivity index (χ4n) is 1.58. The molecule has 2 aromatic rings. The molecule has 0 aliphatic heterocycles. The van der Waals surface area contributed by atoms with Crippen LogP contribution in [0.15, 0.2) is 29.4 Å². The number of hydrogen-bond acceptors (Lipinski definition) is 4. The number of benzene rings is 1. The normalized spacial score (nSPS) is 11.5. The minimum atomic E-state index is -3.85. The maximum absolute atomic E-state index is 12.2. The monoisotopic (exact) mass is 301 g/mol. The molecule has 0 radical (unpaired) electrons. The largest absolute Gasteiger partial charge is 0.508 e. The van der Waals surface area contributed by atoms with Crippen molar-refractivity contribution in [2.75, 3.05) is 4.72 Å². The number of aromatic nitrogens is 2. The van der Waals surface area contributed by atoms with Crippen LogP contribution in [0.25, 0.3) is 0 Å². The number of phenolic OH excluding ortho intramolecular Hbond substituents is 1. The Morgan fingerprint density at radius 3 is 2.63 bits per heavy atom. The number of aryl methyl sites for hydroxylation is 2. The van der Waals surface area contributed by atoms with Gasteiger partial charge in [0.15, 0.2) is 5.03 Å². The van der Waals surface area contributed by atoms with Gasteiger partial charge in [-0.05, 0) is 18.6 Å². The van der Waals surface area contributed by atoms with E-state index >= 15 is 0 Å². The lowest BCUT2D eigenvalue weighted by Gasteiger charge is -2.09. The molecule has 1 heterocycles. The number of hydrogen-bond donors (Lipinski definition) is 2. The standard InChI is InChI=1S/C11H12ClN3O3S/c1-7-3-4-8(5-10(7)16)14-19(17,18)11-9(12)6-13-15(11)2/h3-6,14,16H,1-2H3. The summed E-state index contributed by atoms with van der Waals surface area (Å²) in [6.07, 6.45) is 1.25. The number of phenols is 1. The zero-order valence-corrected chi connectivity index (χ0v) is 11.8. The van der Waals surface area contributed by atoms with Crippen LogP contribution in [0.5, 0.6) is 5.75 Å². The number of nitrogens with zero attached hydrogens (tertiary/aromatic N) is 2. The molecule has 0 amide bonds. The van der Waals surface area contributed by atoms with Gasteiger partial charge in [0.05, 0.1) is 16.9 Å². The van der Waals surface area contributed by atoms with Crippen LogP contribution in [-0.2, 0) is 17.1 Å². The van der Waals surface area contributed by atoms with E-state index in [0.717, 1.165) is 0 Å². The lowest BCUT2D eigenvalue weighted by Crippen LogP contribution is -2.17. The van der Waals surface area contributed by atoms with Gasteiger partial charge in [-0.1, -0.05) is 17.7 Å². The molecular weight excluding hydrogens is 290 g/mol. The molecule has 2 N–H and O–H groups in total. The van der Waals surface area contributed by atoms with Crippen molar-refractivity contribution in [1.82, 2.24) is 9.78 Å². The highest BCUT2D eigenvalue weighted by Gasteiger charge is 2.22. The minimum Gasteiger partial charge on any atom is -0.508 e. The van der Waals surface area contributed by atoms with Crippen LogP contribution in [0, 0.1) is 6.92 Å². The van der Waals surface area contributed by atoms with Crippen LogP contribution in [0.3, 0.4) is 0 Å². The third-order valence-electron chi connectivity index (χ3n) is 2.56. The second-order valence-corrected chi connectivity index (χ2v) is 6.03. The average molecular weight is 302 g/mol. The van der Waals surface area contributed by atoms with Gasteiger partial charge in [0.1, 0.15) is 5.75 Å². The van der Waals surface area contributed by atoms with Gasteiger partial charge in [-0.2, -0.15) is 13.5 Å². The van der Waals surface area contributed by atoms with Crippen LogP contribution in [0.4, 0.5) is 5.69 Å². The fourth-order valence-corrected chi connectivity index (χ4v) is 3.29. The molecule has 0 aliphatic carbocycles. The molecule has 2 rings (SSSR count). The van der Waals surface area contributed by atoms with E-state index < -0.39 is 10.0 Å². The van der Waals surface area contributed by atoms with Gasteiger partial charge in [-0.15, -0.1) is 0 Å². The summed E-state index contributed by atoms with van der Waals surface area (Å²) >= 11 is 5.80. The fraction of sp³-hybridized carbons (Fsp3) is 0.182. The van der Waals surface area contributed by atoms with E-state index in [0.29, 0.717) is 5.56 Å². The molecular formula is C11H12ClN3O3S. The molecule has 1 aromatic heterocycles. The molecule has 8 heteroatoms. The van der Waals surface area contributed by atoms with E-state index in [1.54, 1.807) is 19.1 Å². The van der Waals surface area contributed by atoms with Crippen molar-refractivity contribution in [3.8, 4) is 5.75 Å². The van der Waals surface area contributed by atoms with Gasteiger partial charge in [0.2, 0.25) is 0 Å². The van der Waals surface area contributed by atoms with Gasteiger partial charge in [0.25, 0.3) is 10.0 Å². The Morgan fingerprint density at radius 2 is 2.11 bits per heavy atom. The third kappa shape index (κ3) is 2.66. The highest BCUT2D eigenvalue weighted by Crippen LogP contribution is 2.25. The second-order valence-electron chi connectivity index (χ2n) is 4.03. The molecule has 6 nitrogen and oxygen atoms in total. The Labute approximate surface area is 115 Å². The van der Waals surface area contributed by atoms with E-state index in [1.807, 2.05) is 0 Å². The zero-order chi connectivity index (χ0) is 14.2. The van der Waals surface area contributed by atoms with Gasteiger partial charge in [-0.3, -0.25) is 9.40 Å². The number of anilines is 1. The Bertz CT molecular complexity index is 705.